The number of hydrogen-bond acceptors (Lipinski definition) is 3. The molecule has 1 aliphatic carbocycles. The minimum atomic E-state index is -0.276. The largest absolute Gasteiger partial charge is 0.385 e. The van der Waals surface area contributed by atoms with Gasteiger partial charge in [0.05, 0.1) is 5.92 Å². The van der Waals surface area contributed by atoms with Crippen molar-refractivity contribution < 1.29 is 9.53 Å². The summed E-state index contributed by atoms with van der Waals surface area (Å²) in [7, 11) is 1.76. The van der Waals surface area contributed by atoms with Gasteiger partial charge in [0.15, 0.2) is 0 Å². The quantitative estimate of drug-likeness (QED) is 0.257. The highest BCUT2D eigenvalue weighted by atomic mass is 16.5. The van der Waals surface area contributed by atoms with Gasteiger partial charge in [0.2, 0.25) is 0 Å². The van der Waals surface area contributed by atoms with E-state index in [1.807, 2.05) is 0 Å². The van der Waals surface area contributed by atoms with Gasteiger partial charge in [0.1, 0.15) is 5.78 Å². The van der Waals surface area contributed by atoms with Gasteiger partial charge in [-0.25, -0.2) is 0 Å². The highest BCUT2D eigenvalue weighted by Gasteiger charge is 2.32. The number of ketones is 1. The van der Waals surface area contributed by atoms with Gasteiger partial charge in [-0.15, -0.1) is 0 Å². The Morgan fingerprint density at radius 2 is 1.83 bits per heavy atom. The van der Waals surface area contributed by atoms with Gasteiger partial charge in [-0.1, -0.05) is 80.4 Å². The third kappa shape index (κ3) is 8.27. The molecule has 2 aromatic carbocycles. The van der Waals surface area contributed by atoms with Gasteiger partial charge in [-0.2, -0.15) is 0 Å². The molecule has 3 heteroatoms. The van der Waals surface area contributed by atoms with Gasteiger partial charge in [-0.3, -0.25) is 4.79 Å². The first-order chi connectivity index (χ1) is 17.3. The number of carbonyl (C=O) groups excluding carboxylic acids is 1. The Morgan fingerprint density at radius 1 is 1.11 bits per heavy atom. The monoisotopic (exact) mass is 487 g/mol. The van der Waals surface area contributed by atoms with Crippen molar-refractivity contribution in [3.05, 3.63) is 77.4 Å². The Balaban J connectivity index is 1.60. The van der Waals surface area contributed by atoms with Crippen LogP contribution < -0.4 is 0 Å². The van der Waals surface area contributed by atoms with Crippen LogP contribution in [0.4, 0.5) is 0 Å². The van der Waals surface area contributed by atoms with Crippen molar-refractivity contribution >= 4 is 17.6 Å². The summed E-state index contributed by atoms with van der Waals surface area (Å²) >= 11 is 0. The van der Waals surface area contributed by atoms with E-state index in [-0.39, 0.29) is 17.1 Å². The smallest absolute Gasteiger partial charge is 0.141 e. The molecule has 3 nitrogen and oxygen atoms in total. The van der Waals surface area contributed by atoms with Crippen molar-refractivity contribution in [1.82, 2.24) is 0 Å². The Hall–Kier alpha value is -2.52. The van der Waals surface area contributed by atoms with Crippen molar-refractivity contribution in [3.63, 3.8) is 0 Å². The zero-order chi connectivity index (χ0) is 26.0. The van der Waals surface area contributed by atoms with E-state index in [0.717, 1.165) is 50.7 Å². The predicted molar refractivity (Wildman–Crippen MR) is 152 cm³/mol. The lowest BCUT2D eigenvalue weighted by atomic mass is 9.80. The number of Topliss-reactive ketones (excluding diaryl/α,β-unsaturated/α-hetero) is 1. The normalized spacial score (nSPS) is 16.4. The number of rotatable bonds is 15. The number of carbonyl (C=O) groups is 1. The van der Waals surface area contributed by atoms with E-state index in [0.29, 0.717) is 18.8 Å². The second-order valence-corrected chi connectivity index (χ2v) is 11.2. The minimum Gasteiger partial charge on any atom is -0.385 e. The van der Waals surface area contributed by atoms with E-state index in [9.17, 15) is 4.79 Å². The molecule has 0 aromatic heterocycles. The summed E-state index contributed by atoms with van der Waals surface area (Å²) in [6.45, 7) is 9.57. The molecule has 0 saturated heterocycles. The maximum Gasteiger partial charge on any atom is 0.141 e. The van der Waals surface area contributed by atoms with Crippen molar-refractivity contribution in [2.45, 2.75) is 84.0 Å². The molecule has 0 heterocycles. The average molecular weight is 488 g/mol. The number of allylic oxidation sites excluding steroid dienone is 1. The van der Waals surface area contributed by atoms with Crippen LogP contribution in [-0.4, -0.2) is 25.7 Å². The summed E-state index contributed by atoms with van der Waals surface area (Å²) < 4.78 is 5.37. The number of ether oxygens (including phenoxy) is 1. The number of hydrogen-bond donors (Lipinski definition) is 1. The van der Waals surface area contributed by atoms with Crippen LogP contribution in [0, 0.1) is 23.7 Å². The minimum absolute atomic E-state index is 0.146. The summed E-state index contributed by atoms with van der Waals surface area (Å²) in [4.78, 5) is 13.0. The molecule has 0 amide bonds. The summed E-state index contributed by atoms with van der Waals surface area (Å²) in [6, 6.07) is 17.4. The Morgan fingerprint density at radius 3 is 2.50 bits per heavy atom. The summed E-state index contributed by atoms with van der Waals surface area (Å²) in [5, 5.41) is 7.89. The molecule has 1 saturated carbocycles. The van der Waals surface area contributed by atoms with E-state index < -0.39 is 0 Å². The van der Waals surface area contributed by atoms with E-state index >= 15 is 0 Å². The lowest BCUT2D eigenvalue weighted by molar-refractivity contribution is -0.123. The summed E-state index contributed by atoms with van der Waals surface area (Å²) in [6.07, 6.45) is 11.2. The van der Waals surface area contributed by atoms with Crippen LogP contribution in [0.1, 0.15) is 92.9 Å². The van der Waals surface area contributed by atoms with Crippen molar-refractivity contribution in [1.29, 1.82) is 5.41 Å². The lowest BCUT2D eigenvalue weighted by Crippen LogP contribution is -2.24. The molecular weight excluding hydrogens is 442 g/mol. The van der Waals surface area contributed by atoms with Gasteiger partial charge < -0.3 is 10.1 Å². The van der Waals surface area contributed by atoms with E-state index in [4.69, 9.17) is 10.1 Å². The highest BCUT2D eigenvalue weighted by molar-refractivity contribution is 5.94. The SMILES string of the molecule is C=C(CC[C@@H](CCOC)c1ccccc1)c1cc(C)cc(CCC(C=N)C(=O)CC2(C)CCCC2)c1. The fraction of sp³-hybridized carbons (Fsp3) is 0.515. The Bertz CT molecular complexity index is 1000. The maximum absolute atomic E-state index is 13.0. The predicted octanol–water partition coefficient (Wildman–Crippen LogP) is 8.35. The molecular formula is C33H45NO2. The van der Waals surface area contributed by atoms with E-state index in [1.54, 1.807) is 7.11 Å². The molecule has 194 valence electrons. The van der Waals surface area contributed by atoms with Crippen molar-refractivity contribution in [2.75, 3.05) is 13.7 Å². The Kier molecular flexibility index (Phi) is 10.7. The van der Waals surface area contributed by atoms with Crippen molar-refractivity contribution in [2.24, 2.45) is 11.3 Å². The van der Waals surface area contributed by atoms with Crippen LogP contribution in [-0.2, 0) is 16.0 Å². The summed E-state index contributed by atoms with van der Waals surface area (Å²) in [5.74, 6) is 0.421. The first kappa shape index (κ1) is 28.1. The van der Waals surface area contributed by atoms with Crippen molar-refractivity contribution in [3.8, 4) is 0 Å². The highest BCUT2D eigenvalue weighted by Crippen LogP contribution is 2.41. The third-order valence-electron chi connectivity index (χ3n) is 8.05. The number of nitrogens with one attached hydrogen (secondary N) is 1. The molecule has 2 aromatic rings. The molecule has 0 bridgehead atoms. The van der Waals surface area contributed by atoms with Gasteiger partial charge in [-0.05, 0) is 85.5 Å². The molecule has 1 fully saturated rings. The molecule has 36 heavy (non-hydrogen) atoms. The molecule has 2 atom stereocenters. The van der Waals surface area contributed by atoms with Crippen LogP contribution in [0.15, 0.2) is 55.1 Å². The van der Waals surface area contributed by atoms with Gasteiger partial charge in [0.25, 0.3) is 0 Å². The van der Waals surface area contributed by atoms with Gasteiger partial charge >= 0.3 is 0 Å². The van der Waals surface area contributed by atoms with Crippen LogP contribution in [0.5, 0.6) is 0 Å². The number of benzene rings is 2. The first-order valence-electron chi connectivity index (χ1n) is 13.7. The zero-order valence-corrected chi connectivity index (χ0v) is 22.7. The molecule has 1 aliphatic rings. The van der Waals surface area contributed by atoms with E-state index in [1.165, 1.54) is 41.3 Å². The standard InChI is InChI=1S/C33H45NO2/c1-25-20-27(13-15-30(24-34)32(35)23-33(3)17-8-9-18-33)22-31(21-25)26(2)12-14-29(16-19-36-4)28-10-6-5-7-11-28/h5-7,10-11,20-22,24,29-30,34H,2,8-9,12-19,23H2,1,3-4H3/t29-,30?/m0/s1. The topological polar surface area (TPSA) is 50.1 Å². The van der Waals surface area contributed by atoms with Gasteiger partial charge in [0, 0.05) is 26.4 Å². The lowest BCUT2D eigenvalue weighted by Gasteiger charge is -2.24. The second kappa shape index (κ2) is 13.7. The zero-order valence-electron chi connectivity index (χ0n) is 22.7. The maximum atomic E-state index is 13.0. The fourth-order valence-corrected chi connectivity index (χ4v) is 5.78. The first-order valence-corrected chi connectivity index (χ1v) is 13.7. The molecule has 1 N–H and O–H groups in total. The third-order valence-corrected chi connectivity index (χ3v) is 8.05. The number of aryl methyl sites for hydroxylation is 2. The molecule has 3 rings (SSSR count). The second-order valence-electron chi connectivity index (χ2n) is 11.2. The molecule has 0 radical (unpaired) electrons. The summed E-state index contributed by atoms with van der Waals surface area (Å²) in [5.41, 5.74) is 6.32. The molecule has 0 spiro atoms. The molecule has 0 aliphatic heterocycles. The van der Waals surface area contributed by atoms with Crippen LogP contribution in [0.2, 0.25) is 0 Å². The average Bonchev–Trinajstić information content (AvgIpc) is 3.30. The molecule has 1 unspecified atom stereocenters. The van der Waals surface area contributed by atoms with Crippen LogP contribution in [0.25, 0.3) is 5.57 Å². The Labute approximate surface area is 218 Å². The van der Waals surface area contributed by atoms with Crippen LogP contribution in [0.3, 0.4) is 0 Å². The van der Waals surface area contributed by atoms with E-state index in [2.05, 4.69) is 69.0 Å². The fourth-order valence-electron chi connectivity index (χ4n) is 5.78. The van der Waals surface area contributed by atoms with Crippen LogP contribution >= 0.6 is 0 Å². The number of methoxy groups -OCH3 is 1.